The molecule has 110 valence electrons. The van der Waals surface area contributed by atoms with Crippen molar-refractivity contribution in [2.45, 2.75) is 40.2 Å². The quantitative estimate of drug-likeness (QED) is 0.825. The van der Waals surface area contributed by atoms with Gasteiger partial charge in [0.1, 0.15) is 0 Å². The summed E-state index contributed by atoms with van der Waals surface area (Å²) in [5.74, 6) is -0.624. The van der Waals surface area contributed by atoms with Crippen molar-refractivity contribution in [1.82, 2.24) is 15.1 Å². The normalized spacial score (nSPS) is 16.2. The average Bonchev–Trinajstić information content (AvgIpc) is 3.08. The van der Waals surface area contributed by atoms with Gasteiger partial charge in [0.2, 0.25) is 0 Å². The molecule has 0 radical (unpaired) electrons. The molecule has 1 aromatic rings. The molecule has 2 N–H and O–H groups in total. The van der Waals surface area contributed by atoms with E-state index in [1.807, 2.05) is 11.6 Å². The molecule has 6 nitrogen and oxygen atoms in total. The van der Waals surface area contributed by atoms with E-state index in [9.17, 15) is 9.59 Å². The minimum absolute atomic E-state index is 0.190. The van der Waals surface area contributed by atoms with Crippen molar-refractivity contribution in [2.24, 2.45) is 11.3 Å². The van der Waals surface area contributed by atoms with Gasteiger partial charge in [-0.15, -0.1) is 0 Å². The molecule has 0 aromatic carbocycles. The first-order chi connectivity index (χ1) is 9.35. The number of amides is 1. The molecular formula is C14H21N3O3. The monoisotopic (exact) mass is 279 g/mol. The van der Waals surface area contributed by atoms with Crippen LogP contribution in [0.3, 0.4) is 0 Å². The number of nitrogens with zero attached hydrogens (tertiary/aromatic N) is 2. The number of rotatable bonds is 6. The van der Waals surface area contributed by atoms with Crippen LogP contribution in [0.1, 0.15) is 42.7 Å². The van der Waals surface area contributed by atoms with Gasteiger partial charge in [0, 0.05) is 18.8 Å². The maximum Gasteiger partial charge on any atom is 0.311 e. The Morgan fingerprint density at radius 1 is 1.50 bits per heavy atom. The molecule has 1 aliphatic carbocycles. The smallest absolute Gasteiger partial charge is 0.311 e. The van der Waals surface area contributed by atoms with Crippen LogP contribution < -0.4 is 5.32 Å². The summed E-state index contributed by atoms with van der Waals surface area (Å²) in [4.78, 5) is 23.2. The highest BCUT2D eigenvalue weighted by Gasteiger charge is 2.50. The molecule has 1 saturated carbocycles. The van der Waals surface area contributed by atoms with E-state index in [1.54, 1.807) is 6.20 Å². The maximum atomic E-state index is 12.1. The maximum absolute atomic E-state index is 12.1. The van der Waals surface area contributed by atoms with Crippen molar-refractivity contribution < 1.29 is 14.7 Å². The largest absolute Gasteiger partial charge is 0.481 e. The second kappa shape index (κ2) is 5.26. The third-order valence-corrected chi connectivity index (χ3v) is 3.78. The summed E-state index contributed by atoms with van der Waals surface area (Å²) in [6, 6.07) is 0. The van der Waals surface area contributed by atoms with Crippen LogP contribution in [0.15, 0.2) is 6.20 Å². The molecule has 0 unspecified atom stereocenters. The summed E-state index contributed by atoms with van der Waals surface area (Å²) in [5.41, 5.74) is 0.598. The zero-order chi connectivity index (χ0) is 14.9. The van der Waals surface area contributed by atoms with Crippen molar-refractivity contribution in [3.05, 3.63) is 17.5 Å². The van der Waals surface area contributed by atoms with Crippen molar-refractivity contribution in [1.29, 1.82) is 0 Å². The summed E-state index contributed by atoms with van der Waals surface area (Å²) < 4.78 is 1.81. The molecule has 1 fully saturated rings. The van der Waals surface area contributed by atoms with Crippen LogP contribution in [0, 0.1) is 18.3 Å². The Hall–Kier alpha value is -1.85. The molecule has 20 heavy (non-hydrogen) atoms. The van der Waals surface area contributed by atoms with Crippen LogP contribution in [-0.4, -0.2) is 33.3 Å². The third-order valence-electron chi connectivity index (χ3n) is 3.78. The summed E-state index contributed by atoms with van der Waals surface area (Å²) >= 11 is 0. The Labute approximate surface area is 118 Å². The predicted molar refractivity (Wildman–Crippen MR) is 73.4 cm³/mol. The number of hydrogen-bond donors (Lipinski definition) is 2. The highest BCUT2D eigenvalue weighted by atomic mass is 16.4. The van der Waals surface area contributed by atoms with Gasteiger partial charge >= 0.3 is 5.97 Å². The Kier molecular flexibility index (Phi) is 3.83. The predicted octanol–water partition coefficient (Wildman–Crippen LogP) is 1.44. The molecule has 1 aliphatic rings. The van der Waals surface area contributed by atoms with E-state index >= 15 is 0 Å². The first kappa shape index (κ1) is 14.6. The number of carboxylic acid groups (broad SMARTS) is 1. The van der Waals surface area contributed by atoms with Crippen molar-refractivity contribution in [2.75, 3.05) is 6.54 Å². The molecule has 0 saturated heterocycles. The van der Waals surface area contributed by atoms with Crippen LogP contribution in [0.25, 0.3) is 0 Å². The van der Waals surface area contributed by atoms with E-state index in [0.29, 0.717) is 24.3 Å². The van der Waals surface area contributed by atoms with E-state index in [1.165, 1.54) is 0 Å². The minimum atomic E-state index is -0.829. The highest BCUT2D eigenvalue weighted by Crippen LogP contribution is 2.45. The van der Waals surface area contributed by atoms with Crippen LogP contribution in [0.5, 0.6) is 0 Å². The van der Waals surface area contributed by atoms with Gasteiger partial charge in [-0.1, -0.05) is 13.8 Å². The lowest BCUT2D eigenvalue weighted by Gasteiger charge is -2.11. The molecule has 1 aromatic heterocycles. The molecule has 1 amide bonds. The first-order valence-electron chi connectivity index (χ1n) is 6.90. The lowest BCUT2D eigenvalue weighted by molar-refractivity contribution is -0.143. The van der Waals surface area contributed by atoms with Gasteiger partial charge in [0.05, 0.1) is 17.2 Å². The summed E-state index contributed by atoms with van der Waals surface area (Å²) in [5, 5.41) is 16.0. The lowest BCUT2D eigenvalue weighted by atomic mass is 10.1. The highest BCUT2D eigenvalue weighted by molar-refractivity contribution is 5.95. The molecule has 0 atom stereocenters. The van der Waals surface area contributed by atoms with E-state index in [4.69, 9.17) is 5.11 Å². The van der Waals surface area contributed by atoms with Crippen LogP contribution in [0.4, 0.5) is 0 Å². The SMILES string of the molecule is Cc1c(C(=O)NCC2(C(=O)O)CC2)cnn1CC(C)C. The third kappa shape index (κ3) is 2.84. The topological polar surface area (TPSA) is 84.2 Å². The Bertz CT molecular complexity index is 530. The summed E-state index contributed by atoms with van der Waals surface area (Å²) in [7, 11) is 0. The number of carbonyl (C=O) groups is 2. The second-order valence-electron chi connectivity index (χ2n) is 5.99. The Morgan fingerprint density at radius 3 is 2.65 bits per heavy atom. The summed E-state index contributed by atoms with van der Waals surface area (Å²) in [6.07, 6.45) is 2.82. The number of carboxylic acids is 1. The molecule has 6 heteroatoms. The molecular weight excluding hydrogens is 258 g/mol. The first-order valence-corrected chi connectivity index (χ1v) is 6.90. The van der Waals surface area contributed by atoms with Gasteiger partial charge in [0.25, 0.3) is 5.91 Å². The van der Waals surface area contributed by atoms with Gasteiger partial charge in [-0.05, 0) is 25.7 Å². The zero-order valence-electron chi connectivity index (χ0n) is 12.1. The Morgan fingerprint density at radius 2 is 2.15 bits per heavy atom. The van der Waals surface area contributed by atoms with Gasteiger partial charge in [0.15, 0.2) is 0 Å². The van der Waals surface area contributed by atoms with E-state index in [-0.39, 0.29) is 12.5 Å². The molecule has 1 heterocycles. The lowest BCUT2D eigenvalue weighted by Crippen LogP contribution is -2.34. The molecule has 2 rings (SSSR count). The molecule has 0 spiro atoms. The summed E-state index contributed by atoms with van der Waals surface area (Å²) in [6.45, 7) is 6.98. The Balaban J connectivity index is 1.99. The van der Waals surface area contributed by atoms with Crippen LogP contribution in [-0.2, 0) is 11.3 Å². The van der Waals surface area contributed by atoms with Gasteiger partial charge in [-0.3, -0.25) is 14.3 Å². The fourth-order valence-corrected chi connectivity index (χ4v) is 2.16. The van der Waals surface area contributed by atoms with E-state index in [0.717, 1.165) is 12.2 Å². The minimum Gasteiger partial charge on any atom is -0.481 e. The van der Waals surface area contributed by atoms with Crippen molar-refractivity contribution in [3.8, 4) is 0 Å². The van der Waals surface area contributed by atoms with Crippen LogP contribution >= 0.6 is 0 Å². The van der Waals surface area contributed by atoms with Crippen LogP contribution in [0.2, 0.25) is 0 Å². The fourth-order valence-electron chi connectivity index (χ4n) is 2.16. The zero-order valence-corrected chi connectivity index (χ0v) is 12.1. The number of nitrogens with one attached hydrogen (secondary N) is 1. The van der Waals surface area contributed by atoms with E-state index < -0.39 is 11.4 Å². The van der Waals surface area contributed by atoms with Gasteiger partial charge in [-0.2, -0.15) is 5.10 Å². The molecule has 0 aliphatic heterocycles. The van der Waals surface area contributed by atoms with Crippen molar-refractivity contribution in [3.63, 3.8) is 0 Å². The van der Waals surface area contributed by atoms with Gasteiger partial charge < -0.3 is 10.4 Å². The number of carbonyl (C=O) groups excluding carboxylic acids is 1. The van der Waals surface area contributed by atoms with E-state index in [2.05, 4.69) is 24.3 Å². The second-order valence-corrected chi connectivity index (χ2v) is 5.99. The number of aliphatic carboxylic acids is 1. The number of aromatic nitrogens is 2. The number of hydrogen-bond acceptors (Lipinski definition) is 3. The van der Waals surface area contributed by atoms with Gasteiger partial charge in [-0.25, -0.2) is 0 Å². The average molecular weight is 279 g/mol. The van der Waals surface area contributed by atoms with Crippen molar-refractivity contribution >= 4 is 11.9 Å². The molecule has 0 bridgehead atoms. The fraction of sp³-hybridized carbons (Fsp3) is 0.643. The standard InChI is InChI=1S/C14H21N3O3/c1-9(2)7-17-10(3)11(6-16-17)12(18)15-8-14(4-5-14)13(19)20/h6,9H,4-5,7-8H2,1-3H3,(H,15,18)(H,19,20).